The predicted molar refractivity (Wildman–Crippen MR) is 97.1 cm³/mol. The summed E-state index contributed by atoms with van der Waals surface area (Å²) in [5.74, 6) is -0.133. The molecule has 0 aliphatic carbocycles. The minimum atomic E-state index is -3.29. The Bertz CT molecular complexity index is 873. The fourth-order valence-electron chi connectivity index (χ4n) is 3.36. The number of nitrogens with zero attached hydrogens (tertiary/aromatic N) is 2. The molecule has 25 heavy (non-hydrogen) atoms. The van der Waals surface area contributed by atoms with Crippen molar-refractivity contribution in [2.45, 2.75) is 23.8 Å². The first kappa shape index (κ1) is 17.7. The van der Waals surface area contributed by atoms with Crippen LogP contribution in [0.3, 0.4) is 0 Å². The van der Waals surface area contributed by atoms with Crippen molar-refractivity contribution in [3.63, 3.8) is 0 Å². The molecule has 0 radical (unpaired) electrons. The molecule has 2 aromatic rings. The van der Waals surface area contributed by atoms with Gasteiger partial charge in [0.15, 0.2) is 9.84 Å². The van der Waals surface area contributed by atoms with Crippen LogP contribution in [-0.4, -0.2) is 43.1 Å². The molecule has 1 N–H and O–H groups in total. The first-order chi connectivity index (χ1) is 11.8. The Morgan fingerprint density at radius 3 is 2.76 bits per heavy atom. The number of likely N-dealkylation sites (tertiary alicyclic amines) is 1. The number of aryl methyl sites for hydroxylation is 1. The van der Waals surface area contributed by atoms with E-state index in [-0.39, 0.29) is 16.8 Å². The minimum Gasteiger partial charge on any atom is -0.353 e. The van der Waals surface area contributed by atoms with Gasteiger partial charge in [-0.15, -0.1) is 0 Å². The third kappa shape index (κ3) is 4.11. The van der Waals surface area contributed by atoms with Crippen LogP contribution in [0.25, 0.3) is 0 Å². The third-order valence-electron chi connectivity index (χ3n) is 4.58. The zero-order valence-corrected chi connectivity index (χ0v) is 15.3. The Labute approximate surface area is 148 Å². The highest BCUT2D eigenvalue weighted by atomic mass is 32.2. The van der Waals surface area contributed by atoms with E-state index in [9.17, 15) is 13.2 Å². The van der Waals surface area contributed by atoms with E-state index in [0.29, 0.717) is 12.2 Å². The van der Waals surface area contributed by atoms with Gasteiger partial charge in [-0.1, -0.05) is 6.07 Å². The van der Waals surface area contributed by atoms with Crippen LogP contribution in [0.4, 0.5) is 5.69 Å². The number of hydrogen-bond acceptors (Lipinski definition) is 4. The highest BCUT2D eigenvalue weighted by Crippen LogP contribution is 2.31. The second kappa shape index (κ2) is 7.01. The second-order valence-electron chi connectivity index (χ2n) is 6.52. The fourth-order valence-corrected chi connectivity index (χ4v) is 4.03. The van der Waals surface area contributed by atoms with Crippen LogP contribution in [0.2, 0.25) is 0 Å². The SMILES string of the molecule is Cn1cccc1[C@H]1CCCN1CC(=O)Nc1cccc(S(C)(=O)=O)c1. The van der Waals surface area contributed by atoms with E-state index in [1.165, 1.54) is 17.8 Å². The summed E-state index contributed by atoms with van der Waals surface area (Å²) in [5, 5.41) is 2.81. The lowest BCUT2D eigenvalue weighted by atomic mass is 10.1. The zero-order chi connectivity index (χ0) is 18.0. The summed E-state index contributed by atoms with van der Waals surface area (Å²) >= 11 is 0. The molecule has 6 nitrogen and oxygen atoms in total. The van der Waals surface area contributed by atoms with Crippen LogP contribution in [-0.2, 0) is 21.7 Å². The van der Waals surface area contributed by atoms with Crippen LogP contribution >= 0.6 is 0 Å². The lowest BCUT2D eigenvalue weighted by Gasteiger charge is -2.24. The van der Waals surface area contributed by atoms with E-state index in [4.69, 9.17) is 0 Å². The van der Waals surface area contributed by atoms with E-state index < -0.39 is 9.84 Å². The largest absolute Gasteiger partial charge is 0.353 e. The molecule has 1 saturated heterocycles. The van der Waals surface area contributed by atoms with Gasteiger partial charge in [-0.2, -0.15) is 0 Å². The van der Waals surface area contributed by atoms with Crippen molar-refractivity contribution in [3.05, 3.63) is 48.3 Å². The van der Waals surface area contributed by atoms with Crippen LogP contribution in [0.5, 0.6) is 0 Å². The van der Waals surface area contributed by atoms with E-state index in [0.717, 1.165) is 25.6 Å². The molecule has 134 valence electrons. The first-order valence-corrected chi connectivity index (χ1v) is 10.2. The van der Waals surface area contributed by atoms with Crippen molar-refractivity contribution < 1.29 is 13.2 Å². The molecule has 0 spiro atoms. The van der Waals surface area contributed by atoms with Crippen molar-refractivity contribution >= 4 is 21.4 Å². The van der Waals surface area contributed by atoms with Crippen LogP contribution < -0.4 is 5.32 Å². The Balaban J connectivity index is 1.67. The average Bonchev–Trinajstić information content (AvgIpc) is 3.15. The molecule has 1 atom stereocenters. The minimum absolute atomic E-state index is 0.133. The lowest BCUT2D eigenvalue weighted by Crippen LogP contribution is -2.33. The summed E-state index contributed by atoms with van der Waals surface area (Å²) in [6.45, 7) is 1.17. The summed E-state index contributed by atoms with van der Waals surface area (Å²) in [6.07, 6.45) is 5.27. The Kier molecular flexibility index (Phi) is 4.96. The normalized spacial score (nSPS) is 18.4. The van der Waals surface area contributed by atoms with Crippen LogP contribution in [0.1, 0.15) is 24.6 Å². The lowest BCUT2D eigenvalue weighted by molar-refractivity contribution is -0.117. The Morgan fingerprint density at radius 2 is 2.08 bits per heavy atom. The van der Waals surface area contributed by atoms with Crippen LogP contribution in [0, 0.1) is 0 Å². The maximum Gasteiger partial charge on any atom is 0.238 e. The van der Waals surface area contributed by atoms with Gasteiger partial charge >= 0.3 is 0 Å². The molecule has 1 aliphatic rings. The van der Waals surface area contributed by atoms with Crippen molar-refractivity contribution in [2.24, 2.45) is 7.05 Å². The molecule has 0 saturated carbocycles. The first-order valence-electron chi connectivity index (χ1n) is 8.30. The van der Waals surface area contributed by atoms with Crippen LogP contribution in [0.15, 0.2) is 47.5 Å². The number of sulfone groups is 1. The summed E-state index contributed by atoms with van der Waals surface area (Å²) in [4.78, 5) is 14.8. The Hall–Kier alpha value is -2.12. The number of rotatable bonds is 5. The van der Waals surface area contributed by atoms with Crippen molar-refractivity contribution in [1.82, 2.24) is 9.47 Å². The van der Waals surface area contributed by atoms with Gasteiger partial charge in [0, 0.05) is 30.9 Å². The number of hydrogen-bond donors (Lipinski definition) is 1. The molecular formula is C18H23N3O3S. The standard InChI is InChI=1S/C18H23N3O3S/c1-20-10-4-8-16(20)17-9-5-11-21(17)13-18(22)19-14-6-3-7-15(12-14)25(2,23)24/h3-4,6-8,10,12,17H,5,9,11,13H2,1-2H3,(H,19,22)/t17-/m1/s1. The van der Waals surface area contributed by atoms with Gasteiger partial charge in [0.25, 0.3) is 0 Å². The van der Waals surface area contributed by atoms with Crippen molar-refractivity contribution in [3.8, 4) is 0 Å². The topological polar surface area (TPSA) is 71.4 Å². The highest BCUT2D eigenvalue weighted by Gasteiger charge is 2.28. The number of carbonyl (C=O) groups excluding carboxylic acids is 1. The van der Waals surface area contributed by atoms with Gasteiger partial charge in [0.05, 0.1) is 17.5 Å². The molecule has 1 aromatic carbocycles. The van der Waals surface area contributed by atoms with Gasteiger partial charge in [-0.3, -0.25) is 9.69 Å². The quantitative estimate of drug-likeness (QED) is 0.886. The number of aromatic nitrogens is 1. The predicted octanol–water partition coefficient (Wildman–Crippen LogP) is 2.20. The molecule has 3 rings (SSSR count). The van der Waals surface area contributed by atoms with E-state index in [1.807, 2.05) is 19.3 Å². The van der Waals surface area contributed by atoms with Crippen molar-refractivity contribution in [2.75, 3.05) is 24.7 Å². The molecule has 1 fully saturated rings. The monoisotopic (exact) mass is 361 g/mol. The maximum atomic E-state index is 12.4. The summed E-state index contributed by atoms with van der Waals surface area (Å²) in [7, 11) is -1.27. The Morgan fingerprint density at radius 1 is 1.28 bits per heavy atom. The highest BCUT2D eigenvalue weighted by molar-refractivity contribution is 7.90. The molecule has 1 amide bonds. The molecule has 7 heteroatoms. The zero-order valence-electron chi connectivity index (χ0n) is 14.5. The second-order valence-corrected chi connectivity index (χ2v) is 8.54. The molecule has 0 unspecified atom stereocenters. The number of carbonyl (C=O) groups is 1. The van der Waals surface area contributed by atoms with E-state index >= 15 is 0 Å². The molecule has 1 aliphatic heterocycles. The maximum absolute atomic E-state index is 12.4. The van der Waals surface area contributed by atoms with Gasteiger partial charge in [0.1, 0.15) is 0 Å². The molecule has 2 heterocycles. The summed E-state index contributed by atoms with van der Waals surface area (Å²) < 4.78 is 25.4. The summed E-state index contributed by atoms with van der Waals surface area (Å²) in [6, 6.07) is 10.7. The molecule has 0 bridgehead atoms. The number of nitrogens with one attached hydrogen (secondary N) is 1. The molecule has 1 aromatic heterocycles. The van der Waals surface area contributed by atoms with Crippen molar-refractivity contribution in [1.29, 1.82) is 0 Å². The fraction of sp³-hybridized carbons (Fsp3) is 0.389. The summed E-state index contributed by atoms with van der Waals surface area (Å²) in [5.41, 5.74) is 1.71. The number of amides is 1. The van der Waals surface area contributed by atoms with Gasteiger partial charge in [0.2, 0.25) is 5.91 Å². The molecular weight excluding hydrogens is 338 g/mol. The van der Waals surface area contributed by atoms with E-state index in [1.54, 1.807) is 12.1 Å². The number of benzene rings is 1. The van der Waals surface area contributed by atoms with Gasteiger partial charge in [-0.05, 0) is 49.7 Å². The van der Waals surface area contributed by atoms with E-state index in [2.05, 4.69) is 20.9 Å². The third-order valence-corrected chi connectivity index (χ3v) is 5.69. The van der Waals surface area contributed by atoms with Gasteiger partial charge in [-0.25, -0.2) is 8.42 Å². The average molecular weight is 361 g/mol. The van der Waals surface area contributed by atoms with Gasteiger partial charge < -0.3 is 9.88 Å². The smallest absolute Gasteiger partial charge is 0.238 e. The number of anilines is 1.